The lowest BCUT2D eigenvalue weighted by atomic mass is 9.95. The van der Waals surface area contributed by atoms with Crippen molar-refractivity contribution >= 4 is 25.7 Å². The summed E-state index contributed by atoms with van der Waals surface area (Å²) in [4.78, 5) is 0.335. The van der Waals surface area contributed by atoms with Crippen molar-refractivity contribution in [3.05, 3.63) is 51.6 Å². The lowest BCUT2D eigenvalue weighted by Gasteiger charge is -2.25. The molecule has 0 fully saturated rings. The molecule has 0 bridgehead atoms. The molecular formula is C19H24N2O4S2. The molecule has 0 aromatic heterocycles. The van der Waals surface area contributed by atoms with Crippen LogP contribution in [0.15, 0.2) is 28.0 Å². The molecule has 0 radical (unpaired) electrons. The van der Waals surface area contributed by atoms with Crippen molar-refractivity contribution in [3.63, 3.8) is 0 Å². The molecule has 2 N–H and O–H groups in total. The summed E-state index contributed by atoms with van der Waals surface area (Å²) in [6.45, 7) is 9.82. The number of nitrogens with zero attached hydrogens (tertiary/aromatic N) is 1. The highest BCUT2D eigenvalue weighted by atomic mass is 32.2. The van der Waals surface area contributed by atoms with Gasteiger partial charge in [0.05, 0.1) is 15.5 Å². The largest absolute Gasteiger partial charge is 0.266 e. The fourth-order valence-corrected chi connectivity index (χ4v) is 6.37. The van der Waals surface area contributed by atoms with Crippen LogP contribution in [0.25, 0.3) is 0 Å². The molecule has 1 aliphatic heterocycles. The predicted molar refractivity (Wildman–Crippen MR) is 106 cm³/mol. The van der Waals surface area contributed by atoms with E-state index in [1.807, 2.05) is 34.6 Å². The van der Waals surface area contributed by atoms with E-state index in [1.165, 1.54) is 22.5 Å². The second-order valence-corrected chi connectivity index (χ2v) is 10.5. The molecule has 0 saturated heterocycles. The first-order valence-electron chi connectivity index (χ1n) is 8.62. The van der Waals surface area contributed by atoms with Gasteiger partial charge >= 0.3 is 0 Å². The molecule has 6 nitrogen and oxygen atoms in total. The third kappa shape index (κ3) is 3.05. The van der Waals surface area contributed by atoms with Crippen LogP contribution in [0.2, 0.25) is 0 Å². The van der Waals surface area contributed by atoms with E-state index in [4.69, 9.17) is 5.14 Å². The highest BCUT2D eigenvalue weighted by Gasteiger charge is 2.34. The van der Waals surface area contributed by atoms with Gasteiger partial charge in [-0.15, -0.1) is 0 Å². The van der Waals surface area contributed by atoms with Gasteiger partial charge in [0, 0.05) is 6.54 Å². The van der Waals surface area contributed by atoms with Gasteiger partial charge in [-0.1, -0.05) is 0 Å². The Bertz CT molecular complexity index is 1140. The van der Waals surface area contributed by atoms with Gasteiger partial charge in [0.15, 0.2) is 0 Å². The van der Waals surface area contributed by atoms with E-state index >= 15 is 0 Å². The monoisotopic (exact) mass is 408 g/mol. The molecule has 2 aromatic rings. The molecule has 8 heteroatoms. The molecule has 0 unspecified atom stereocenters. The number of hydrogen-bond donors (Lipinski definition) is 1. The normalized spacial score (nSPS) is 14.5. The van der Waals surface area contributed by atoms with Crippen molar-refractivity contribution in [1.82, 2.24) is 0 Å². The number of primary sulfonamides is 1. The van der Waals surface area contributed by atoms with E-state index in [1.54, 1.807) is 0 Å². The topological polar surface area (TPSA) is 97.5 Å². The lowest BCUT2D eigenvalue weighted by Crippen LogP contribution is -2.30. The second kappa shape index (κ2) is 6.32. The van der Waals surface area contributed by atoms with Crippen molar-refractivity contribution in [3.8, 4) is 0 Å². The maximum absolute atomic E-state index is 13.5. The molecular weight excluding hydrogens is 384 g/mol. The Morgan fingerprint density at radius 3 is 1.89 bits per heavy atom. The Morgan fingerprint density at radius 1 is 0.852 bits per heavy atom. The smallest absolute Gasteiger partial charge is 0.264 e. The van der Waals surface area contributed by atoms with Gasteiger partial charge in [0.1, 0.15) is 0 Å². The Hall–Kier alpha value is -1.90. The first-order valence-corrected chi connectivity index (χ1v) is 11.6. The summed E-state index contributed by atoms with van der Waals surface area (Å²) in [5.74, 6) is 0. The third-order valence-corrected chi connectivity index (χ3v) is 8.71. The summed E-state index contributed by atoms with van der Waals surface area (Å²) in [5, 5.41) is 5.19. The van der Waals surface area contributed by atoms with Gasteiger partial charge in [-0.05, 0) is 92.6 Å². The Labute approximate surface area is 161 Å². The predicted octanol–water partition coefficient (Wildman–Crippen LogP) is 2.63. The van der Waals surface area contributed by atoms with Crippen molar-refractivity contribution in [2.75, 3.05) is 10.8 Å². The maximum atomic E-state index is 13.5. The average Bonchev–Trinajstić information content (AvgIpc) is 3.01. The van der Waals surface area contributed by atoms with Gasteiger partial charge in [-0.25, -0.2) is 22.0 Å². The van der Waals surface area contributed by atoms with Crippen LogP contribution in [-0.4, -0.2) is 23.4 Å². The number of hydrogen-bond acceptors (Lipinski definition) is 4. The second-order valence-electron chi connectivity index (χ2n) is 7.12. The minimum absolute atomic E-state index is 0.00474. The van der Waals surface area contributed by atoms with E-state index in [-0.39, 0.29) is 11.4 Å². The molecule has 27 heavy (non-hydrogen) atoms. The summed E-state index contributed by atoms with van der Waals surface area (Å²) >= 11 is 0. The number of sulfonamides is 2. The summed E-state index contributed by atoms with van der Waals surface area (Å²) in [5.41, 5.74) is 5.73. The zero-order valence-corrected chi connectivity index (χ0v) is 17.8. The summed E-state index contributed by atoms with van der Waals surface area (Å²) in [7, 11) is -7.60. The summed E-state index contributed by atoms with van der Waals surface area (Å²) in [6, 6.07) is 4.34. The first kappa shape index (κ1) is 19.9. The molecule has 1 aliphatic rings. The molecule has 1 heterocycles. The van der Waals surface area contributed by atoms with Crippen LogP contribution in [-0.2, 0) is 26.5 Å². The fraction of sp³-hybridized carbons (Fsp3) is 0.368. The zero-order valence-electron chi connectivity index (χ0n) is 16.1. The van der Waals surface area contributed by atoms with Crippen LogP contribution in [0.4, 0.5) is 5.69 Å². The highest BCUT2D eigenvalue weighted by Crippen LogP contribution is 2.38. The van der Waals surface area contributed by atoms with Gasteiger partial charge < -0.3 is 0 Å². The number of rotatable bonds is 3. The molecule has 2 aromatic carbocycles. The van der Waals surface area contributed by atoms with E-state index in [9.17, 15) is 16.8 Å². The molecule has 0 spiro atoms. The summed E-state index contributed by atoms with van der Waals surface area (Å²) in [6.07, 6.45) is 0.444. The van der Waals surface area contributed by atoms with Gasteiger partial charge in [0.2, 0.25) is 10.0 Å². The third-order valence-electron chi connectivity index (χ3n) is 5.71. The zero-order chi connectivity index (χ0) is 20.3. The molecule has 146 valence electrons. The maximum Gasteiger partial charge on any atom is 0.264 e. The van der Waals surface area contributed by atoms with Gasteiger partial charge in [-0.2, -0.15) is 0 Å². The summed E-state index contributed by atoms with van der Waals surface area (Å²) < 4.78 is 51.6. The number of anilines is 1. The number of benzene rings is 2. The first-order chi connectivity index (χ1) is 12.4. The van der Waals surface area contributed by atoms with E-state index < -0.39 is 20.0 Å². The minimum atomic E-state index is -3.83. The van der Waals surface area contributed by atoms with Crippen LogP contribution in [0.3, 0.4) is 0 Å². The average molecular weight is 409 g/mol. The van der Waals surface area contributed by atoms with Crippen LogP contribution >= 0.6 is 0 Å². The Balaban J connectivity index is 2.19. The van der Waals surface area contributed by atoms with Crippen LogP contribution in [0, 0.1) is 34.6 Å². The SMILES string of the molecule is Cc1c(C)c(C)c(S(=O)(=O)N2CCc3cc(S(N)(=O)=O)ccc32)c(C)c1C. The minimum Gasteiger partial charge on any atom is -0.266 e. The molecule has 0 atom stereocenters. The molecule has 0 aliphatic carbocycles. The Morgan fingerprint density at radius 2 is 1.37 bits per heavy atom. The van der Waals surface area contributed by atoms with Gasteiger partial charge in [-0.3, -0.25) is 4.31 Å². The van der Waals surface area contributed by atoms with Crippen molar-refractivity contribution in [1.29, 1.82) is 0 Å². The van der Waals surface area contributed by atoms with Crippen LogP contribution in [0.5, 0.6) is 0 Å². The van der Waals surface area contributed by atoms with Crippen LogP contribution < -0.4 is 9.44 Å². The quantitative estimate of drug-likeness (QED) is 0.844. The number of fused-ring (bicyclic) bond motifs is 1. The molecule has 3 rings (SSSR count). The fourth-order valence-electron chi connectivity index (χ4n) is 3.74. The van der Waals surface area contributed by atoms with Crippen molar-refractivity contribution in [2.24, 2.45) is 5.14 Å². The van der Waals surface area contributed by atoms with Crippen LogP contribution in [0.1, 0.15) is 33.4 Å². The van der Waals surface area contributed by atoms with E-state index in [0.29, 0.717) is 22.6 Å². The molecule has 0 saturated carbocycles. The van der Waals surface area contributed by atoms with E-state index in [2.05, 4.69) is 0 Å². The Kier molecular flexibility index (Phi) is 4.65. The standard InChI is InChI=1S/C19H24N2O4S2/c1-11-12(2)14(4)19(15(5)13(11)3)27(24,25)21-9-8-16-10-17(26(20,22)23)6-7-18(16)21/h6-7,10H,8-9H2,1-5H3,(H2,20,22,23). The van der Waals surface area contributed by atoms with E-state index in [0.717, 1.165) is 27.8 Å². The van der Waals surface area contributed by atoms with Gasteiger partial charge in [0.25, 0.3) is 10.0 Å². The molecule has 0 amide bonds. The van der Waals surface area contributed by atoms with Crippen molar-refractivity contribution < 1.29 is 16.8 Å². The van der Waals surface area contributed by atoms with Crippen molar-refractivity contribution in [2.45, 2.75) is 50.8 Å². The number of nitrogens with two attached hydrogens (primary N) is 1. The lowest BCUT2D eigenvalue weighted by molar-refractivity contribution is 0.590. The highest BCUT2D eigenvalue weighted by molar-refractivity contribution is 7.93.